The van der Waals surface area contributed by atoms with Gasteiger partial charge in [-0.05, 0) is 19.8 Å². The number of hydrogen-bond donors (Lipinski definition) is 1. The second kappa shape index (κ2) is 5.75. The van der Waals surface area contributed by atoms with Gasteiger partial charge in [0, 0.05) is 0 Å². The van der Waals surface area contributed by atoms with E-state index < -0.39 is 12.1 Å². The first-order valence-corrected chi connectivity index (χ1v) is 4.55. The summed E-state index contributed by atoms with van der Waals surface area (Å²) in [7, 11) is 0. The van der Waals surface area contributed by atoms with Gasteiger partial charge in [0.1, 0.15) is 0 Å². The minimum atomic E-state index is -0.732. The standard InChI is InChI=1S/C10H18O3/c1-5-8(9(11)7(3)4)10(12)13-6-2/h5,7,9,11H,6H2,1-4H3/b8-5+. The van der Waals surface area contributed by atoms with Crippen molar-refractivity contribution in [2.75, 3.05) is 6.61 Å². The minimum absolute atomic E-state index is 0.0237. The molecule has 0 bridgehead atoms. The molecular weight excluding hydrogens is 168 g/mol. The van der Waals surface area contributed by atoms with Crippen LogP contribution in [0.15, 0.2) is 11.6 Å². The molecule has 0 aliphatic rings. The molecule has 1 unspecified atom stereocenters. The Morgan fingerprint density at radius 3 is 2.38 bits per heavy atom. The van der Waals surface area contributed by atoms with E-state index in [4.69, 9.17) is 4.74 Å². The molecule has 0 aliphatic heterocycles. The van der Waals surface area contributed by atoms with Crippen molar-refractivity contribution in [2.24, 2.45) is 5.92 Å². The molecule has 0 aromatic carbocycles. The largest absolute Gasteiger partial charge is 0.463 e. The lowest BCUT2D eigenvalue weighted by Gasteiger charge is -2.16. The van der Waals surface area contributed by atoms with Crippen LogP contribution in [0.2, 0.25) is 0 Å². The Balaban J connectivity index is 4.44. The summed E-state index contributed by atoms with van der Waals surface area (Å²) in [6.45, 7) is 7.51. The molecule has 13 heavy (non-hydrogen) atoms. The van der Waals surface area contributed by atoms with Crippen LogP contribution in [-0.2, 0) is 9.53 Å². The molecule has 3 nitrogen and oxygen atoms in total. The predicted molar refractivity (Wildman–Crippen MR) is 51.2 cm³/mol. The molecule has 76 valence electrons. The van der Waals surface area contributed by atoms with Crippen molar-refractivity contribution in [2.45, 2.75) is 33.8 Å². The first-order valence-electron chi connectivity index (χ1n) is 4.55. The van der Waals surface area contributed by atoms with Crippen LogP contribution < -0.4 is 0 Å². The van der Waals surface area contributed by atoms with Gasteiger partial charge in [0.05, 0.1) is 18.3 Å². The van der Waals surface area contributed by atoms with Gasteiger partial charge in [-0.15, -0.1) is 0 Å². The second-order valence-corrected chi connectivity index (χ2v) is 3.15. The lowest BCUT2D eigenvalue weighted by molar-refractivity contribution is -0.140. The van der Waals surface area contributed by atoms with Crippen LogP contribution in [0.3, 0.4) is 0 Å². The van der Waals surface area contributed by atoms with Gasteiger partial charge in [-0.1, -0.05) is 19.9 Å². The molecule has 0 fully saturated rings. The molecule has 0 aromatic rings. The van der Waals surface area contributed by atoms with Gasteiger partial charge in [-0.25, -0.2) is 4.79 Å². The smallest absolute Gasteiger partial charge is 0.336 e. The van der Waals surface area contributed by atoms with E-state index in [0.29, 0.717) is 12.2 Å². The van der Waals surface area contributed by atoms with Crippen LogP contribution in [0.25, 0.3) is 0 Å². The van der Waals surface area contributed by atoms with Gasteiger partial charge in [-0.2, -0.15) is 0 Å². The Hall–Kier alpha value is -0.830. The summed E-state index contributed by atoms with van der Waals surface area (Å²) in [6, 6.07) is 0. The van der Waals surface area contributed by atoms with E-state index >= 15 is 0 Å². The molecule has 0 aliphatic carbocycles. The fraction of sp³-hybridized carbons (Fsp3) is 0.700. The van der Waals surface area contributed by atoms with Crippen molar-refractivity contribution in [3.63, 3.8) is 0 Å². The summed E-state index contributed by atoms with van der Waals surface area (Å²) < 4.78 is 4.80. The maximum absolute atomic E-state index is 11.3. The highest BCUT2D eigenvalue weighted by Crippen LogP contribution is 2.13. The lowest BCUT2D eigenvalue weighted by atomic mass is 9.99. The number of allylic oxidation sites excluding steroid dienone is 1. The number of carbonyl (C=O) groups excluding carboxylic acids is 1. The third-order valence-electron chi connectivity index (χ3n) is 1.77. The van der Waals surface area contributed by atoms with Gasteiger partial charge in [-0.3, -0.25) is 0 Å². The molecule has 0 radical (unpaired) electrons. The van der Waals surface area contributed by atoms with E-state index in [0.717, 1.165) is 0 Å². The highest BCUT2D eigenvalue weighted by molar-refractivity contribution is 5.89. The van der Waals surface area contributed by atoms with Crippen LogP contribution in [-0.4, -0.2) is 23.8 Å². The lowest BCUT2D eigenvalue weighted by Crippen LogP contribution is -2.24. The first kappa shape index (κ1) is 12.2. The van der Waals surface area contributed by atoms with Crippen molar-refractivity contribution in [1.82, 2.24) is 0 Å². The molecule has 0 amide bonds. The zero-order chi connectivity index (χ0) is 10.4. The summed E-state index contributed by atoms with van der Waals surface area (Å²) in [5.74, 6) is -0.401. The fourth-order valence-electron chi connectivity index (χ4n) is 0.983. The number of rotatable bonds is 4. The molecule has 0 saturated carbocycles. The maximum Gasteiger partial charge on any atom is 0.336 e. The number of esters is 1. The van der Waals surface area contributed by atoms with Crippen molar-refractivity contribution in [1.29, 1.82) is 0 Å². The summed E-state index contributed by atoms with van der Waals surface area (Å²) >= 11 is 0. The van der Waals surface area contributed by atoms with E-state index in [1.807, 2.05) is 13.8 Å². The Morgan fingerprint density at radius 1 is 1.54 bits per heavy atom. The number of ether oxygens (including phenoxy) is 1. The average molecular weight is 186 g/mol. The second-order valence-electron chi connectivity index (χ2n) is 3.15. The van der Waals surface area contributed by atoms with E-state index in [1.165, 1.54) is 0 Å². The van der Waals surface area contributed by atoms with Crippen molar-refractivity contribution in [3.05, 3.63) is 11.6 Å². The van der Waals surface area contributed by atoms with Gasteiger partial charge in [0.25, 0.3) is 0 Å². The van der Waals surface area contributed by atoms with Gasteiger partial charge in [0.2, 0.25) is 0 Å². The molecule has 0 saturated heterocycles. The van der Waals surface area contributed by atoms with Crippen LogP contribution in [0.4, 0.5) is 0 Å². The highest BCUT2D eigenvalue weighted by atomic mass is 16.5. The van der Waals surface area contributed by atoms with Crippen LogP contribution in [0.5, 0.6) is 0 Å². The van der Waals surface area contributed by atoms with Crippen LogP contribution in [0.1, 0.15) is 27.7 Å². The zero-order valence-corrected chi connectivity index (χ0v) is 8.70. The minimum Gasteiger partial charge on any atom is -0.463 e. The topological polar surface area (TPSA) is 46.5 Å². The molecular formula is C10H18O3. The normalized spacial score (nSPS) is 14.5. The number of aliphatic hydroxyl groups is 1. The molecule has 1 N–H and O–H groups in total. The van der Waals surface area contributed by atoms with Crippen molar-refractivity contribution in [3.8, 4) is 0 Å². The summed E-state index contributed by atoms with van der Waals surface area (Å²) in [5, 5.41) is 9.61. The SMILES string of the molecule is C/C=C(/C(=O)OCC)C(O)C(C)C. The van der Waals surface area contributed by atoms with Crippen molar-refractivity contribution >= 4 is 5.97 Å². The first-order chi connectivity index (χ1) is 6.04. The molecule has 0 aromatic heterocycles. The Bertz CT molecular complexity index is 194. The van der Waals surface area contributed by atoms with E-state index in [2.05, 4.69) is 0 Å². The summed E-state index contributed by atoms with van der Waals surface area (Å²) in [4.78, 5) is 11.3. The third kappa shape index (κ3) is 3.59. The van der Waals surface area contributed by atoms with Gasteiger partial charge < -0.3 is 9.84 Å². The van der Waals surface area contributed by atoms with E-state index in [-0.39, 0.29) is 5.92 Å². The van der Waals surface area contributed by atoms with Crippen molar-refractivity contribution < 1.29 is 14.6 Å². The summed E-state index contributed by atoms with van der Waals surface area (Å²) in [6.07, 6.45) is 0.867. The molecule has 0 heterocycles. The Kier molecular flexibility index (Phi) is 5.39. The third-order valence-corrected chi connectivity index (χ3v) is 1.77. The van der Waals surface area contributed by atoms with Crippen LogP contribution in [0, 0.1) is 5.92 Å². The molecule has 0 rings (SSSR count). The Labute approximate surface area is 79.4 Å². The number of aliphatic hydroxyl groups excluding tert-OH is 1. The van der Waals surface area contributed by atoms with Gasteiger partial charge >= 0.3 is 5.97 Å². The Morgan fingerprint density at radius 2 is 2.08 bits per heavy atom. The van der Waals surface area contributed by atoms with E-state index in [1.54, 1.807) is 19.9 Å². The molecule has 0 spiro atoms. The van der Waals surface area contributed by atoms with Crippen LogP contribution >= 0.6 is 0 Å². The summed E-state index contributed by atoms with van der Waals surface area (Å²) in [5.41, 5.74) is 0.344. The number of carbonyl (C=O) groups is 1. The quantitative estimate of drug-likeness (QED) is 0.534. The zero-order valence-electron chi connectivity index (χ0n) is 8.70. The monoisotopic (exact) mass is 186 g/mol. The highest BCUT2D eigenvalue weighted by Gasteiger charge is 2.21. The predicted octanol–water partition coefficient (Wildman–Crippen LogP) is 1.51. The fourth-order valence-corrected chi connectivity index (χ4v) is 0.983. The van der Waals surface area contributed by atoms with E-state index in [9.17, 15) is 9.90 Å². The molecule has 1 atom stereocenters. The average Bonchev–Trinajstić information content (AvgIpc) is 2.05. The number of hydrogen-bond acceptors (Lipinski definition) is 3. The maximum atomic E-state index is 11.3. The van der Waals surface area contributed by atoms with Gasteiger partial charge in [0.15, 0.2) is 0 Å². The molecule has 3 heteroatoms.